The van der Waals surface area contributed by atoms with E-state index in [1.54, 1.807) is 6.08 Å². The van der Waals surface area contributed by atoms with Crippen LogP contribution in [0.4, 0.5) is 18.9 Å². The highest BCUT2D eigenvalue weighted by Gasteiger charge is 2.34. The Balaban J connectivity index is 1.68. The van der Waals surface area contributed by atoms with Crippen molar-refractivity contribution in [1.29, 1.82) is 0 Å². The fraction of sp³-hybridized carbons (Fsp3) is 0.227. The number of amides is 2. The molecule has 0 spiro atoms. The Labute approximate surface area is 187 Å². The van der Waals surface area contributed by atoms with Crippen molar-refractivity contribution < 1.29 is 22.8 Å². The van der Waals surface area contributed by atoms with E-state index >= 15 is 0 Å². The monoisotopic (exact) mass is 464 g/mol. The van der Waals surface area contributed by atoms with Crippen LogP contribution in [0.5, 0.6) is 0 Å². The number of carbonyl (C=O) groups excluding carboxylic acids is 2. The number of hydrogen-bond donors (Lipinski definition) is 1. The van der Waals surface area contributed by atoms with Crippen LogP contribution in [0.25, 0.3) is 6.08 Å². The third kappa shape index (κ3) is 5.74. The van der Waals surface area contributed by atoms with Gasteiger partial charge in [0.15, 0.2) is 0 Å². The fourth-order valence-corrected chi connectivity index (χ4v) is 4.14. The van der Waals surface area contributed by atoms with Crippen LogP contribution in [0.1, 0.15) is 36.5 Å². The highest BCUT2D eigenvalue weighted by atomic mass is 32.2. The zero-order chi connectivity index (χ0) is 22.8. The van der Waals surface area contributed by atoms with Crippen LogP contribution in [0.3, 0.4) is 0 Å². The van der Waals surface area contributed by atoms with E-state index in [0.717, 1.165) is 34.4 Å². The second-order valence-electron chi connectivity index (χ2n) is 7.22. The summed E-state index contributed by atoms with van der Waals surface area (Å²) in [6.07, 6.45) is -2.81. The summed E-state index contributed by atoms with van der Waals surface area (Å²) in [6, 6.07) is 12.1. The van der Waals surface area contributed by atoms with Crippen LogP contribution in [-0.4, -0.2) is 27.6 Å². The molecule has 1 aliphatic heterocycles. The largest absolute Gasteiger partial charge is 0.416 e. The van der Waals surface area contributed by atoms with E-state index in [1.165, 1.54) is 17.7 Å². The molecule has 1 fully saturated rings. The number of anilines is 1. The standard InChI is InChI=1S/C22H19F3N2O2S2/c1-13(2)15-8-6-14(7-9-15)10-18-20(29)27(21(30)31-18)12-19(28)26-17-5-3-4-16(11-17)22(23,24)25/h3-11,13H,12H2,1-2H3,(H,26,28)/b18-10-. The van der Waals surface area contributed by atoms with Gasteiger partial charge in [-0.15, -0.1) is 0 Å². The molecular weight excluding hydrogens is 445 g/mol. The maximum absolute atomic E-state index is 12.8. The van der Waals surface area contributed by atoms with E-state index in [0.29, 0.717) is 10.8 Å². The lowest BCUT2D eigenvalue weighted by atomic mass is 10.0. The van der Waals surface area contributed by atoms with Gasteiger partial charge in [0.25, 0.3) is 5.91 Å². The van der Waals surface area contributed by atoms with Gasteiger partial charge in [-0.2, -0.15) is 13.2 Å². The van der Waals surface area contributed by atoms with E-state index in [9.17, 15) is 22.8 Å². The number of nitrogens with zero attached hydrogens (tertiary/aromatic N) is 1. The average molecular weight is 465 g/mol. The van der Waals surface area contributed by atoms with Gasteiger partial charge in [-0.3, -0.25) is 14.5 Å². The highest BCUT2D eigenvalue weighted by molar-refractivity contribution is 8.26. The molecule has 0 aliphatic carbocycles. The number of alkyl halides is 3. The smallest absolute Gasteiger partial charge is 0.325 e. The highest BCUT2D eigenvalue weighted by Crippen LogP contribution is 2.33. The predicted octanol–water partition coefficient (Wildman–Crippen LogP) is 5.67. The number of nitrogens with one attached hydrogen (secondary N) is 1. The Morgan fingerprint density at radius 3 is 2.48 bits per heavy atom. The van der Waals surface area contributed by atoms with Gasteiger partial charge >= 0.3 is 6.18 Å². The summed E-state index contributed by atoms with van der Waals surface area (Å²) in [5.74, 6) is -0.664. The molecule has 31 heavy (non-hydrogen) atoms. The van der Waals surface area contributed by atoms with Gasteiger partial charge in [-0.05, 0) is 41.3 Å². The first-order valence-electron chi connectivity index (χ1n) is 9.37. The zero-order valence-electron chi connectivity index (χ0n) is 16.7. The summed E-state index contributed by atoms with van der Waals surface area (Å²) in [4.78, 5) is 26.5. The average Bonchev–Trinajstić information content (AvgIpc) is 2.95. The van der Waals surface area contributed by atoms with Gasteiger partial charge in [0, 0.05) is 5.69 Å². The van der Waals surface area contributed by atoms with Crippen LogP contribution in [-0.2, 0) is 15.8 Å². The molecule has 0 aromatic heterocycles. The van der Waals surface area contributed by atoms with Crippen molar-refractivity contribution >= 4 is 51.9 Å². The summed E-state index contributed by atoms with van der Waals surface area (Å²) >= 11 is 6.30. The van der Waals surface area contributed by atoms with Gasteiger partial charge in [-0.25, -0.2) is 0 Å². The molecule has 0 saturated carbocycles. The summed E-state index contributed by atoms with van der Waals surface area (Å²) < 4.78 is 38.7. The molecule has 9 heteroatoms. The lowest BCUT2D eigenvalue weighted by Crippen LogP contribution is -2.36. The lowest BCUT2D eigenvalue weighted by Gasteiger charge is -2.15. The topological polar surface area (TPSA) is 49.4 Å². The van der Waals surface area contributed by atoms with Gasteiger partial charge in [0.2, 0.25) is 5.91 Å². The van der Waals surface area contributed by atoms with E-state index in [1.807, 2.05) is 24.3 Å². The minimum Gasteiger partial charge on any atom is -0.325 e. The van der Waals surface area contributed by atoms with Crippen molar-refractivity contribution in [1.82, 2.24) is 4.90 Å². The molecule has 1 saturated heterocycles. The quantitative estimate of drug-likeness (QED) is 0.458. The first-order valence-corrected chi connectivity index (χ1v) is 10.6. The Morgan fingerprint density at radius 2 is 1.87 bits per heavy atom. The molecule has 0 unspecified atom stereocenters. The van der Waals surface area contributed by atoms with E-state index in [-0.39, 0.29) is 16.6 Å². The summed E-state index contributed by atoms with van der Waals surface area (Å²) in [5.41, 5.74) is 1.13. The number of thiocarbonyl (C=S) groups is 1. The molecule has 0 atom stereocenters. The van der Waals surface area contributed by atoms with Crippen LogP contribution < -0.4 is 5.32 Å². The first kappa shape index (κ1) is 23.0. The second-order valence-corrected chi connectivity index (χ2v) is 8.89. The van der Waals surface area contributed by atoms with Crippen molar-refractivity contribution in [2.24, 2.45) is 0 Å². The molecule has 2 amide bonds. The Morgan fingerprint density at radius 1 is 1.19 bits per heavy atom. The third-order valence-electron chi connectivity index (χ3n) is 4.55. The number of carbonyl (C=O) groups is 2. The molecule has 0 radical (unpaired) electrons. The Hall–Kier alpha value is -2.65. The van der Waals surface area contributed by atoms with Gasteiger partial charge < -0.3 is 5.32 Å². The molecule has 2 aromatic rings. The molecule has 1 heterocycles. The predicted molar refractivity (Wildman–Crippen MR) is 120 cm³/mol. The minimum atomic E-state index is -4.52. The van der Waals surface area contributed by atoms with Crippen molar-refractivity contribution in [2.45, 2.75) is 25.9 Å². The van der Waals surface area contributed by atoms with Gasteiger partial charge in [-0.1, -0.05) is 68.2 Å². The number of hydrogen-bond acceptors (Lipinski definition) is 4. The van der Waals surface area contributed by atoms with Crippen LogP contribution in [0.15, 0.2) is 53.4 Å². The molecule has 0 bridgehead atoms. The second kappa shape index (κ2) is 9.23. The van der Waals surface area contributed by atoms with Crippen LogP contribution in [0, 0.1) is 0 Å². The van der Waals surface area contributed by atoms with Crippen molar-refractivity contribution in [3.63, 3.8) is 0 Å². The number of benzene rings is 2. The Bertz CT molecular complexity index is 1050. The van der Waals surface area contributed by atoms with Crippen molar-refractivity contribution in [3.8, 4) is 0 Å². The fourth-order valence-electron chi connectivity index (χ4n) is 2.88. The molecule has 2 aromatic carbocycles. The molecule has 162 valence electrons. The van der Waals surface area contributed by atoms with Crippen molar-refractivity contribution in [3.05, 3.63) is 70.1 Å². The minimum absolute atomic E-state index is 0.00829. The number of thioether (sulfide) groups is 1. The first-order chi connectivity index (χ1) is 14.5. The maximum atomic E-state index is 12.8. The molecule has 1 aliphatic rings. The molecule has 3 rings (SSSR count). The summed E-state index contributed by atoms with van der Waals surface area (Å²) in [5, 5.41) is 2.38. The SMILES string of the molecule is CC(C)c1ccc(/C=C2\SC(=S)N(CC(=O)Nc3cccc(C(F)(F)F)c3)C2=O)cc1. The van der Waals surface area contributed by atoms with Crippen LogP contribution in [0.2, 0.25) is 0 Å². The van der Waals surface area contributed by atoms with E-state index in [2.05, 4.69) is 19.2 Å². The summed E-state index contributed by atoms with van der Waals surface area (Å²) in [7, 11) is 0. The van der Waals surface area contributed by atoms with Crippen LogP contribution >= 0.6 is 24.0 Å². The number of rotatable bonds is 5. The summed E-state index contributed by atoms with van der Waals surface area (Å²) in [6.45, 7) is 3.79. The normalized spacial score (nSPS) is 15.8. The Kier molecular flexibility index (Phi) is 6.86. The molecular formula is C22H19F3N2O2S2. The molecule has 1 N–H and O–H groups in total. The third-order valence-corrected chi connectivity index (χ3v) is 5.93. The van der Waals surface area contributed by atoms with Gasteiger partial charge in [0.05, 0.1) is 10.5 Å². The molecule has 4 nitrogen and oxygen atoms in total. The number of halogens is 3. The lowest BCUT2D eigenvalue weighted by molar-refractivity contribution is -0.137. The maximum Gasteiger partial charge on any atom is 0.416 e. The van der Waals surface area contributed by atoms with Gasteiger partial charge in [0.1, 0.15) is 10.9 Å². The van der Waals surface area contributed by atoms with Crippen molar-refractivity contribution in [2.75, 3.05) is 11.9 Å². The van der Waals surface area contributed by atoms with E-state index in [4.69, 9.17) is 12.2 Å². The zero-order valence-corrected chi connectivity index (χ0v) is 18.3. The van der Waals surface area contributed by atoms with E-state index < -0.39 is 23.6 Å².